The molecule has 1 N–H and O–H groups in total. The molecule has 3 aromatic rings. The maximum Gasteiger partial charge on any atom is 0.256 e. The van der Waals surface area contributed by atoms with Crippen molar-refractivity contribution < 1.29 is 13.2 Å². The predicted octanol–water partition coefficient (Wildman–Crippen LogP) is 3.97. The van der Waals surface area contributed by atoms with Crippen molar-refractivity contribution in [2.24, 2.45) is 0 Å². The summed E-state index contributed by atoms with van der Waals surface area (Å²) in [5.41, 5.74) is 2.04. The molecule has 27 heavy (non-hydrogen) atoms. The molecule has 0 atom stereocenters. The Balaban J connectivity index is 1.79. The lowest BCUT2D eigenvalue weighted by Crippen LogP contribution is -2.17. The van der Waals surface area contributed by atoms with Crippen LogP contribution in [0.4, 0.5) is 5.82 Å². The Morgan fingerprint density at radius 1 is 1.15 bits per heavy atom. The molecule has 6 nitrogen and oxygen atoms in total. The fourth-order valence-electron chi connectivity index (χ4n) is 2.97. The van der Waals surface area contributed by atoms with Crippen LogP contribution in [-0.2, 0) is 21.3 Å². The van der Waals surface area contributed by atoms with Gasteiger partial charge in [-0.15, -0.1) is 0 Å². The van der Waals surface area contributed by atoms with Crippen LogP contribution in [-0.4, -0.2) is 24.1 Å². The van der Waals surface area contributed by atoms with Crippen molar-refractivity contribution in [1.29, 1.82) is 0 Å². The Bertz CT molecular complexity index is 1170. The average molecular weight is 467 g/mol. The number of fused-ring (bicyclic) bond motifs is 1. The molecule has 2 aromatic carbocycles. The van der Waals surface area contributed by atoms with Gasteiger partial charge in [0.1, 0.15) is 5.82 Å². The molecule has 1 aliphatic heterocycles. The second kappa shape index (κ2) is 6.78. The molecule has 0 saturated heterocycles. The maximum absolute atomic E-state index is 12.7. The molecular weight excluding hydrogens is 454 g/mol. The van der Waals surface area contributed by atoms with E-state index >= 15 is 0 Å². The highest BCUT2D eigenvalue weighted by atomic mass is 79.9. The summed E-state index contributed by atoms with van der Waals surface area (Å²) >= 11 is 9.42. The van der Waals surface area contributed by atoms with Crippen molar-refractivity contribution in [2.45, 2.75) is 11.5 Å². The Labute approximate surface area is 169 Å². The highest BCUT2D eigenvalue weighted by Gasteiger charge is 2.33. The van der Waals surface area contributed by atoms with Gasteiger partial charge in [0.2, 0.25) is 0 Å². The smallest absolute Gasteiger partial charge is 0.256 e. The van der Waals surface area contributed by atoms with Crippen LogP contribution in [0.15, 0.2) is 53.0 Å². The number of benzene rings is 2. The van der Waals surface area contributed by atoms with E-state index in [9.17, 15) is 13.2 Å². The number of anilines is 1. The summed E-state index contributed by atoms with van der Waals surface area (Å²) in [7, 11) is -3.26. The maximum atomic E-state index is 12.7. The Morgan fingerprint density at radius 3 is 2.67 bits per heavy atom. The number of hydrogen-bond acceptors (Lipinski definition) is 4. The summed E-state index contributed by atoms with van der Waals surface area (Å²) in [5, 5.41) is 7.75. The monoisotopic (exact) mass is 465 g/mol. The van der Waals surface area contributed by atoms with Gasteiger partial charge in [0.25, 0.3) is 5.91 Å². The molecule has 0 aliphatic carbocycles. The van der Waals surface area contributed by atoms with Crippen molar-refractivity contribution in [3.05, 3.63) is 74.8 Å². The summed E-state index contributed by atoms with van der Waals surface area (Å²) in [6.45, 7) is 0. The fourth-order valence-corrected chi connectivity index (χ4v) is 5.05. The van der Waals surface area contributed by atoms with E-state index in [-0.39, 0.29) is 17.4 Å². The van der Waals surface area contributed by atoms with Gasteiger partial charge in [-0.3, -0.25) is 4.79 Å². The zero-order valence-corrected chi connectivity index (χ0v) is 17.0. The van der Waals surface area contributed by atoms with Gasteiger partial charge in [-0.05, 0) is 36.4 Å². The number of carbonyl (C=O) groups is 1. The van der Waals surface area contributed by atoms with E-state index < -0.39 is 9.84 Å². The first-order valence-corrected chi connectivity index (χ1v) is 11.0. The van der Waals surface area contributed by atoms with Gasteiger partial charge in [-0.25, -0.2) is 13.1 Å². The summed E-state index contributed by atoms with van der Waals surface area (Å²) in [6, 6.07) is 13.9. The number of nitrogens with one attached hydrogen (secondary N) is 1. The van der Waals surface area contributed by atoms with Crippen molar-refractivity contribution in [3.8, 4) is 5.69 Å². The van der Waals surface area contributed by atoms with Crippen LogP contribution in [0.25, 0.3) is 5.69 Å². The number of aromatic nitrogens is 2. The molecule has 0 spiro atoms. The van der Waals surface area contributed by atoms with Crippen molar-refractivity contribution in [3.63, 3.8) is 0 Å². The number of amides is 1. The first-order valence-electron chi connectivity index (χ1n) is 7.96. The number of halogens is 2. The molecular formula is C18H13BrClN3O3S. The minimum Gasteiger partial charge on any atom is -0.306 e. The minimum atomic E-state index is -3.26. The molecule has 4 rings (SSSR count). The quantitative estimate of drug-likeness (QED) is 0.633. The second-order valence-corrected chi connectivity index (χ2v) is 9.58. The number of rotatable bonds is 3. The van der Waals surface area contributed by atoms with Crippen LogP contribution in [0, 0.1) is 0 Å². The van der Waals surface area contributed by atoms with Gasteiger partial charge >= 0.3 is 0 Å². The van der Waals surface area contributed by atoms with Gasteiger partial charge < -0.3 is 5.32 Å². The highest BCUT2D eigenvalue weighted by molar-refractivity contribution is 9.10. The zero-order chi connectivity index (χ0) is 19.2. The van der Waals surface area contributed by atoms with Gasteiger partial charge in [0.05, 0.1) is 22.9 Å². The zero-order valence-electron chi connectivity index (χ0n) is 13.8. The Morgan fingerprint density at radius 2 is 1.93 bits per heavy atom. The lowest BCUT2D eigenvalue weighted by molar-refractivity contribution is 0.102. The SMILES string of the molecule is O=C(Nc1c2c(nn1-c1cccc(Cl)c1)CS(=O)(=O)C2)c1cccc(Br)c1. The molecule has 0 fully saturated rings. The standard InChI is InChI=1S/C18H13BrClN3O3S/c19-12-4-1-3-11(7-12)18(24)21-17-15-9-27(25,26)10-16(15)22-23(17)14-6-2-5-13(20)8-14/h1-8H,9-10H2,(H,21,24). The van der Waals surface area contributed by atoms with Gasteiger partial charge in [-0.2, -0.15) is 5.10 Å². The van der Waals surface area contributed by atoms with E-state index in [0.717, 1.165) is 4.47 Å². The summed E-state index contributed by atoms with van der Waals surface area (Å²) in [6.07, 6.45) is 0. The molecule has 1 aromatic heterocycles. The van der Waals surface area contributed by atoms with Crippen molar-refractivity contribution in [1.82, 2.24) is 9.78 Å². The van der Waals surface area contributed by atoms with Gasteiger partial charge in [0, 0.05) is 20.6 Å². The molecule has 1 aliphatic rings. The Hall–Kier alpha value is -2.16. The summed E-state index contributed by atoms with van der Waals surface area (Å²) < 4.78 is 26.3. The molecule has 138 valence electrons. The third-order valence-electron chi connectivity index (χ3n) is 4.16. The minimum absolute atomic E-state index is 0.143. The van der Waals surface area contributed by atoms with E-state index in [2.05, 4.69) is 26.3 Å². The van der Waals surface area contributed by atoms with Crippen LogP contribution in [0.5, 0.6) is 0 Å². The summed E-state index contributed by atoms with van der Waals surface area (Å²) in [5.74, 6) is -0.308. The lowest BCUT2D eigenvalue weighted by atomic mass is 10.2. The molecule has 2 heterocycles. The third kappa shape index (κ3) is 3.65. The van der Waals surface area contributed by atoms with Crippen LogP contribution >= 0.6 is 27.5 Å². The van der Waals surface area contributed by atoms with Crippen LogP contribution < -0.4 is 5.32 Å². The molecule has 0 unspecified atom stereocenters. The molecule has 0 saturated carbocycles. The predicted molar refractivity (Wildman–Crippen MR) is 107 cm³/mol. The molecule has 0 radical (unpaired) electrons. The Kier molecular flexibility index (Phi) is 4.57. The van der Waals surface area contributed by atoms with Gasteiger partial charge in [0.15, 0.2) is 9.84 Å². The number of carbonyl (C=O) groups excluding carboxylic acids is 1. The molecule has 1 amide bonds. The van der Waals surface area contributed by atoms with Crippen molar-refractivity contribution in [2.75, 3.05) is 5.32 Å². The van der Waals surface area contributed by atoms with Crippen LogP contribution in [0.3, 0.4) is 0 Å². The van der Waals surface area contributed by atoms with E-state index in [1.165, 1.54) is 4.68 Å². The first-order chi connectivity index (χ1) is 12.8. The largest absolute Gasteiger partial charge is 0.306 e. The normalized spacial score (nSPS) is 14.7. The number of nitrogens with zero attached hydrogens (tertiary/aromatic N) is 2. The highest BCUT2D eigenvalue weighted by Crippen LogP contribution is 2.33. The molecule has 9 heteroatoms. The molecule has 0 bridgehead atoms. The van der Waals surface area contributed by atoms with E-state index in [0.29, 0.717) is 33.3 Å². The third-order valence-corrected chi connectivity index (χ3v) is 6.33. The van der Waals surface area contributed by atoms with E-state index in [1.807, 2.05) is 6.07 Å². The second-order valence-electron chi connectivity index (χ2n) is 6.16. The first kappa shape index (κ1) is 18.2. The topological polar surface area (TPSA) is 81.1 Å². The fraction of sp³-hybridized carbons (Fsp3) is 0.111. The van der Waals surface area contributed by atoms with Crippen LogP contribution in [0.2, 0.25) is 5.02 Å². The van der Waals surface area contributed by atoms with Crippen LogP contribution in [0.1, 0.15) is 21.6 Å². The van der Waals surface area contributed by atoms with E-state index in [4.69, 9.17) is 11.6 Å². The van der Waals surface area contributed by atoms with Gasteiger partial charge in [-0.1, -0.05) is 39.7 Å². The lowest BCUT2D eigenvalue weighted by Gasteiger charge is -2.11. The van der Waals surface area contributed by atoms with E-state index in [1.54, 1.807) is 42.5 Å². The summed E-state index contributed by atoms with van der Waals surface area (Å²) in [4.78, 5) is 12.7. The number of sulfone groups is 1. The van der Waals surface area contributed by atoms with Crippen molar-refractivity contribution >= 4 is 49.1 Å². The number of hydrogen-bond donors (Lipinski definition) is 1. The average Bonchev–Trinajstić information content (AvgIpc) is 3.07.